The Balaban J connectivity index is 1.67. The number of rotatable bonds is 2. The number of fused-ring (bicyclic) bond motifs is 1. The molecule has 0 aromatic carbocycles. The molecular weight excluding hydrogens is 347 g/mol. The minimum atomic E-state index is -4.60. The van der Waals surface area contributed by atoms with Crippen molar-refractivity contribution in [3.05, 3.63) is 35.7 Å². The van der Waals surface area contributed by atoms with E-state index in [0.29, 0.717) is 30.5 Å². The molecule has 4 rings (SSSR count). The second-order valence-electron chi connectivity index (χ2n) is 6.56. The van der Waals surface area contributed by atoms with Crippen molar-refractivity contribution >= 4 is 11.5 Å². The van der Waals surface area contributed by atoms with Crippen molar-refractivity contribution in [3.63, 3.8) is 0 Å². The second kappa shape index (κ2) is 5.96. The fourth-order valence-corrected chi connectivity index (χ4v) is 3.45. The number of hydrogen-bond acceptors (Lipinski definition) is 5. The zero-order valence-corrected chi connectivity index (χ0v) is 14.4. The first-order valence-electron chi connectivity index (χ1n) is 8.38. The fourth-order valence-electron chi connectivity index (χ4n) is 3.45. The lowest BCUT2D eigenvalue weighted by Crippen LogP contribution is -2.36. The molecule has 3 aromatic rings. The maximum Gasteiger partial charge on any atom is 0.453 e. The molecule has 0 N–H and O–H groups in total. The van der Waals surface area contributed by atoms with Gasteiger partial charge in [0.2, 0.25) is 0 Å². The van der Waals surface area contributed by atoms with Gasteiger partial charge in [0.15, 0.2) is 11.5 Å². The van der Waals surface area contributed by atoms with E-state index in [1.165, 1.54) is 0 Å². The molecule has 0 atom stereocenters. The number of nitrogens with zero attached hydrogens (tertiary/aromatic N) is 7. The van der Waals surface area contributed by atoms with Crippen LogP contribution in [0.15, 0.2) is 18.7 Å². The monoisotopic (exact) mass is 365 g/mol. The van der Waals surface area contributed by atoms with E-state index in [4.69, 9.17) is 0 Å². The van der Waals surface area contributed by atoms with E-state index in [2.05, 4.69) is 24.8 Å². The fraction of sp³-hybridized carbons (Fsp3) is 0.500. The molecule has 0 unspecified atom stereocenters. The highest BCUT2D eigenvalue weighted by molar-refractivity contribution is 5.59. The first-order chi connectivity index (χ1) is 12.4. The Morgan fingerprint density at radius 3 is 2.42 bits per heavy atom. The maximum absolute atomic E-state index is 13.2. The van der Waals surface area contributed by atoms with Crippen molar-refractivity contribution < 1.29 is 13.2 Å². The van der Waals surface area contributed by atoms with Crippen molar-refractivity contribution in [2.75, 3.05) is 18.0 Å². The quantitative estimate of drug-likeness (QED) is 0.699. The van der Waals surface area contributed by atoms with Crippen LogP contribution >= 0.6 is 0 Å². The normalized spacial score (nSPS) is 16.6. The number of anilines is 1. The summed E-state index contributed by atoms with van der Waals surface area (Å²) in [5.41, 5.74) is 1.64. The summed E-state index contributed by atoms with van der Waals surface area (Å²) < 4.78 is 42.4. The van der Waals surface area contributed by atoms with E-state index in [0.717, 1.165) is 22.9 Å². The third-order valence-corrected chi connectivity index (χ3v) is 5.03. The molecule has 0 amide bonds. The number of halogens is 3. The summed E-state index contributed by atoms with van der Waals surface area (Å²) in [6.07, 6.45) is 2.64. The van der Waals surface area contributed by atoms with E-state index < -0.39 is 12.0 Å². The molecule has 0 bridgehead atoms. The van der Waals surface area contributed by atoms with Gasteiger partial charge in [0, 0.05) is 42.7 Å². The summed E-state index contributed by atoms with van der Waals surface area (Å²) >= 11 is 0. The molecule has 1 fully saturated rings. The van der Waals surface area contributed by atoms with Crippen LogP contribution in [0.5, 0.6) is 0 Å². The average molecular weight is 365 g/mol. The van der Waals surface area contributed by atoms with Gasteiger partial charge in [-0.3, -0.25) is 0 Å². The molecule has 1 aliphatic heterocycles. The van der Waals surface area contributed by atoms with Crippen molar-refractivity contribution in [1.82, 2.24) is 29.4 Å². The zero-order chi connectivity index (χ0) is 18.5. The van der Waals surface area contributed by atoms with Crippen molar-refractivity contribution in [3.8, 4) is 0 Å². The van der Waals surface area contributed by atoms with Crippen LogP contribution in [0.25, 0.3) is 5.65 Å². The number of alkyl halides is 3. The minimum absolute atomic E-state index is 0.145. The highest BCUT2D eigenvalue weighted by Gasteiger charge is 2.38. The molecule has 26 heavy (non-hydrogen) atoms. The molecule has 0 radical (unpaired) electrons. The van der Waals surface area contributed by atoms with E-state index in [9.17, 15) is 13.2 Å². The molecule has 1 aliphatic rings. The predicted molar refractivity (Wildman–Crippen MR) is 88.0 cm³/mol. The Hall–Kier alpha value is -2.65. The highest BCUT2D eigenvalue weighted by Crippen LogP contribution is 2.32. The van der Waals surface area contributed by atoms with Gasteiger partial charge in [-0.25, -0.2) is 4.98 Å². The Morgan fingerprint density at radius 2 is 1.81 bits per heavy atom. The smallest absolute Gasteiger partial charge is 0.355 e. The van der Waals surface area contributed by atoms with Gasteiger partial charge >= 0.3 is 6.18 Å². The number of imidazole rings is 1. The summed E-state index contributed by atoms with van der Waals surface area (Å²) in [5, 5.41) is 11.2. The highest BCUT2D eigenvalue weighted by atomic mass is 19.4. The van der Waals surface area contributed by atoms with Crippen molar-refractivity contribution in [2.45, 2.75) is 38.9 Å². The molecule has 10 heteroatoms. The summed E-state index contributed by atoms with van der Waals surface area (Å²) in [6.45, 7) is 5.04. The SMILES string of the molecule is Cc1c(N2CCC(n3ccnc3)CC2)nn2c(C(F)(F)F)nnc2c1C. The maximum atomic E-state index is 13.2. The van der Waals surface area contributed by atoms with Crippen LogP contribution < -0.4 is 4.90 Å². The summed E-state index contributed by atoms with van der Waals surface area (Å²) in [5.74, 6) is -0.533. The Morgan fingerprint density at radius 1 is 1.08 bits per heavy atom. The van der Waals surface area contributed by atoms with Gasteiger partial charge in [0.05, 0.1) is 6.33 Å². The van der Waals surface area contributed by atoms with Crippen LogP contribution in [-0.2, 0) is 6.18 Å². The van der Waals surface area contributed by atoms with Crippen molar-refractivity contribution in [1.29, 1.82) is 0 Å². The number of piperidine rings is 1. The lowest BCUT2D eigenvalue weighted by molar-refractivity contribution is -0.146. The Bertz CT molecular complexity index is 922. The Kier molecular flexibility index (Phi) is 3.85. The largest absolute Gasteiger partial charge is 0.453 e. The standard InChI is InChI=1S/C16H18F3N7/c1-10-11(2)14(23-26-13(10)21-22-15(26)16(17,18)19)24-6-3-12(4-7-24)25-8-5-20-9-25/h5,8-9,12H,3-4,6-7H2,1-2H3. The summed E-state index contributed by atoms with van der Waals surface area (Å²) in [4.78, 5) is 6.11. The van der Waals surface area contributed by atoms with E-state index in [-0.39, 0.29) is 5.65 Å². The van der Waals surface area contributed by atoms with Gasteiger partial charge in [-0.05, 0) is 26.7 Å². The molecule has 3 aromatic heterocycles. The minimum Gasteiger partial charge on any atom is -0.355 e. The summed E-state index contributed by atoms with van der Waals surface area (Å²) in [7, 11) is 0. The van der Waals surface area contributed by atoms with Crippen LogP contribution in [0.1, 0.15) is 35.8 Å². The van der Waals surface area contributed by atoms with Gasteiger partial charge in [-0.15, -0.1) is 15.3 Å². The number of aromatic nitrogens is 6. The molecule has 0 aliphatic carbocycles. The van der Waals surface area contributed by atoms with Crippen LogP contribution in [0.3, 0.4) is 0 Å². The summed E-state index contributed by atoms with van der Waals surface area (Å²) in [6, 6.07) is 0.347. The molecule has 7 nitrogen and oxygen atoms in total. The van der Waals surface area contributed by atoms with Gasteiger partial charge in [0.1, 0.15) is 0 Å². The van der Waals surface area contributed by atoms with Crippen LogP contribution in [-0.4, -0.2) is 42.5 Å². The predicted octanol–water partition coefficient (Wildman–Crippen LogP) is 2.80. The van der Waals surface area contributed by atoms with Crippen LogP contribution in [0.2, 0.25) is 0 Å². The first-order valence-corrected chi connectivity index (χ1v) is 8.38. The lowest BCUT2D eigenvalue weighted by atomic mass is 10.0. The third-order valence-electron chi connectivity index (χ3n) is 5.03. The first kappa shape index (κ1) is 16.8. The Labute approximate surface area is 147 Å². The molecule has 4 heterocycles. The molecule has 138 valence electrons. The molecule has 0 spiro atoms. The molecule has 1 saturated heterocycles. The molecule has 0 saturated carbocycles. The topological polar surface area (TPSA) is 64.1 Å². The van der Waals surface area contributed by atoms with Gasteiger partial charge in [0.25, 0.3) is 5.82 Å². The molecular formula is C16H18F3N7. The number of aryl methyl sites for hydroxylation is 1. The van der Waals surface area contributed by atoms with Crippen LogP contribution in [0, 0.1) is 13.8 Å². The van der Waals surface area contributed by atoms with Gasteiger partial charge in [-0.2, -0.15) is 17.7 Å². The zero-order valence-electron chi connectivity index (χ0n) is 14.4. The van der Waals surface area contributed by atoms with Crippen molar-refractivity contribution in [2.24, 2.45) is 0 Å². The van der Waals surface area contributed by atoms with E-state index in [1.807, 2.05) is 18.0 Å². The average Bonchev–Trinajstić information content (AvgIpc) is 3.27. The third kappa shape index (κ3) is 2.69. The van der Waals surface area contributed by atoms with Gasteiger partial charge < -0.3 is 9.47 Å². The lowest BCUT2D eigenvalue weighted by Gasteiger charge is -2.34. The van der Waals surface area contributed by atoms with E-state index >= 15 is 0 Å². The number of hydrogen-bond donors (Lipinski definition) is 0. The van der Waals surface area contributed by atoms with Crippen LogP contribution in [0.4, 0.5) is 19.0 Å². The second-order valence-corrected chi connectivity index (χ2v) is 6.56. The van der Waals surface area contributed by atoms with E-state index in [1.54, 1.807) is 19.4 Å². The van der Waals surface area contributed by atoms with Gasteiger partial charge in [-0.1, -0.05) is 0 Å².